The molecule has 20 heavy (non-hydrogen) atoms. The van der Waals surface area contributed by atoms with Crippen LogP contribution in [-0.4, -0.2) is 55.4 Å². The van der Waals surface area contributed by atoms with E-state index in [9.17, 15) is 4.79 Å². The summed E-state index contributed by atoms with van der Waals surface area (Å²) in [6.07, 6.45) is 0.593. The van der Waals surface area contributed by atoms with Gasteiger partial charge in [-0.25, -0.2) is 0 Å². The number of carbonyl (C=O) groups is 1. The lowest BCUT2D eigenvalue weighted by Crippen LogP contribution is -2.34. The first-order valence-corrected chi connectivity index (χ1v) is 7.95. The van der Waals surface area contributed by atoms with Crippen molar-refractivity contribution in [1.82, 2.24) is 9.80 Å². The highest BCUT2D eigenvalue weighted by atomic mass is 79.9. The van der Waals surface area contributed by atoms with Crippen molar-refractivity contribution in [2.24, 2.45) is 5.92 Å². The molecule has 1 heterocycles. The van der Waals surface area contributed by atoms with Crippen LogP contribution in [0.2, 0.25) is 0 Å². The predicted octanol–water partition coefficient (Wildman–Crippen LogP) is 2.90. The van der Waals surface area contributed by atoms with Gasteiger partial charge in [0.1, 0.15) is 0 Å². The fourth-order valence-corrected chi connectivity index (χ4v) is 3.49. The molecule has 0 spiro atoms. The van der Waals surface area contributed by atoms with E-state index in [1.165, 1.54) is 0 Å². The van der Waals surface area contributed by atoms with E-state index in [1.807, 2.05) is 24.3 Å². The van der Waals surface area contributed by atoms with Crippen LogP contribution in [0.3, 0.4) is 0 Å². The van der Waals surface area contributed by atoms with Crippen molar-refractivity contribution in [1.29, 1.82) is 0 Å². The number of likely N-dealkylation sites (N-methyl/N-ethyl adjacent to an activating group) is 1. The first-order chi connectivity index (χ1) is 9.49. The molecule has 0 aromatic heterocycles. The third-order valence-electron chi connectivity index (χ3n) is 4.14. The molecule has 1 saturated heterocycles. The van der Waals surface area contributed by atoms with Gasteiger partial charge in [-0.05, 0) is 26.1 Å². The van der Waals surface area contributed by atoms with Crippen molar-refractivity contribution in [2.75, 3.05) is 33.7 Å². The highest BCUT2D eigenvalue weighted by molar-refractivity contribution is 9.10. The molecule has 4 heteroatoms. The normalized spacial score (nSPS) is 23.4. The van der Waals surface area contributed by atoms with Crippen LogP contribution in [0.5, 0.6) is 0 Å². The maximum atomic E-state index is 12.3. The van der Waals surface area contributed by atoms with Crippen LogP contribution in [0.1, 0.15) is 23.7 Å². The molecule has 1 aromatic carbocycles. The fraction of sp³-hybridized carbons (Fsp3) is 0.562. The summed E-state index contributed by atoms with van der Waals surface area (Å²) in [6.45, 7) is 5.30. The van der Waals surface area contributed by atoms with Crippen LogP contribution >= 0.6 is 15.9 Å². The summed E-state index contributed by atoms with van der Waals surface area (Å²) in [7, 11) is 4.27. The summed E-state index contributed by atoms with van der Waals surface area (Å²) in [6, 6.07) is 8.27. The molecule has 0 saturated carbocycles. The molecule has 110 valence electrons. The molecular weight excluding hydrogens is 316 g/mol. The largest absolute Gasteiger partial charge is 0.305 e. The molecule has 2 unspecified atom stereocenters. The van der Waals surface area contributed by atoms with Crippen molar-refractivity contribution in [2.45, 2.75) is 19.4 Å². The number of rotatable bonds is 5. The zero-order valence-corrected chi connectivity index (χ0v) is 14.1. The van der Waals surface area contributed by atoms with E-state index in [2.05, 4.69) is 46.7 Å². The number of benzene rings is 1. The average Bonchev–Trinajstić information content (AvgIpc) is 2.78. The number of hydrogen-bond acceptors (Lipinski definition) is 3. The SMILES string of the molecule is CC1CN(CCC(=O)c2ccccc2Br)CC1N(C)C. The summed E-state index contributed by atoms with van der Waals surface area (Å²) in [4.78, 5) is 17.0. The number of hydrogen-bond donors (Lipinski definition) is 0. The zero-order chi connectivity index (χ0) is 14.7. The third kappa shape index (κ3) is 3.68. The van der Waals surface area contributed by atoms with Crippen molar-refractivity contribution in [3.05, 3.63) is 34.3 Å². The molecular formula is C16H23BrN2O. The molecule has 0 amide bonds. The Labute approximate surface area is 130 Å². The van der Waals surface area contributed by atoms with Crippen LogP contribution in [0.15, 0.2) is 28.7 Å². The molecule has 0 radical (unpaired) electrons. The highest BCUT2D eigenvalue weighted by Gasteiger charge is 2.30. The Morgan fingerprint density at radius 3 is 2.65 bits per heavy atom. The molecule has 0 aliphatic carbocycles. The average molecular weight is 339 g/mol. The van der Waals surface area contributed by atoms with E-state index in [1.54, 1.807) is 0 Å². The van der Waals surface area contributed by atoms with Gasteiger partial charge in [0.15, 0.2) is 5.78 Å². The number of halogens is 1. The molecule has 1 fully saturated rings. The number of nitrogens with zero attached hydrogens (tertiary/aromatic N) is 2. The predicted molar refractivity (Wildman–Crippen MR) is 86.2 cm³/mol. The maximum absolute atomic E-state index is 12.3. The van der Waals surface area contributed by atoms with Gasteiger partial charge in [-0.1, -0.05) is 41.1 Å². The summed E-state index contributed by atoms with van der Waals surface area (Å²) >= 11 is 3.45. The topological polar surface area (TPSA) is 23.6 Å². The van der Waals surface area contributed by atoms with Gasteiger partial charge in [0.05, 0.1) is 0 Å². The van der Waals surface area contributed by atoms with Crippen LogP contribution in [0.25, 0.3) is 0 Å². The monoisotopic (exact) mass is 338 g/mol. The van der Waals surface area contributed by atoms with Crippen molar-refractivity contribution in [3.8, 4) is 0 Å². The van der Waals surface area contributed by atoms with Crippen LogP contribution in [0, 0.1) is 5.92 Å². The molecule has 3 nitrogen and oxygen atoms in total. The maximum Gasteiger partial charge on any atom is 0.165 e. The quantitative estimate of drug-likeness (QED) is 0.771. The number of ketones is 1. The van der Waals surface area contributed by atoms with Gasteiger partial charge in [-0.3, -0.25) is 4.79 Å². The Morgan fingerprint density at radius 2 is 2.05 bits per heavy atom. The number of Topliss-reactive ketones (excluding diaryl/α,β-unsaturated/α-hetero) is 1. The zero-order valence-electron chi connectivity index (χ0n) is 12.5. The lowest BCUT2D eigenvalue weighted by atomic mass is 10.1. The van der Waals surface area contributed by atoms with Crippen molar-refractivity contribution in [3.63, 3.8) is 0 Å². The lowest BCUT2D eigenvalue weighted by molar-refractivity contribution is 0.0966. The van der Waals surface area contributed by atoms with Crippen LogP contribution in [0.4, 0.5) is 0 Å². The van der Waals surface area contributed by atoms with Crippen LogP contribution < -0.4 is 0 Å². The van der Waals surface area contributed by atoms with E-state index in [0.29, 0.717) is 18.4 Å². The first-order valence-electron chi connectivity index (χ1n) is 7.15. The van der Waals surface area contributed by atoms with Gasteiger partial charge in [-0.15, -0.1) is 0 Å². The standard InChI is InChI=1S/C16H23BrN2O/c1-12-10-19(11-15(12)18(2)3)9-8-16(20)13-6-4-5-7-14(13)17/h4-7,12,15H,8-11H2,1-3H3. The minimum atomic E-state index is 0.221. The second-order valence-corrected chi connectivity index (χ2v) is 6.78. The van der Waals surface area contributed by atoms with E-state index in [4.69, 9.17) is 0 Å². The molecule has 1 aromatic rings. The Hall–Kier alpha value is -0.710. The molecule has 2 rings (SSSR count). The second-order valence-electron chi connectivity index (χ2n) is 5.92. The first kappa shape index (κ1) is 15.7. The van der Waals surface area contributed by atoms with Gasteiger partial charge in [0.2, 0.25) is 0 Å². The summed E-state index contributed by atoms with van der Waals surface area (Å²) in [5, 5.41) is 0. The van der Waals surface area contributed by atoms with Gasteiger partial charge >= 0.3 is 0 Å². The van der Waals surface area contributed by atoms with E-state index < -0.39 is 0 Å². The lowest BCUT2D eigenvalue weighted by Gasteiger charge is -2.22. The Balaban J connectivity index is 1.88. The molecule has 0 bridgehead atoms. The van der Waals surface area contributed by atoms with Gasteiger partial charge in [-0.2, -0.15) is 0 Å². The summed E-state index contributed by atoms with van der Waals surface area (Å²) in [5.74, 6) is 0.891. The Morgan fingerprint density at radius 1 is 1.35 bits per heavy atom. The Kier molecular flexibility index (Phi) is 5.35. The van der Waals surface area contributed by atoms with Crippen molar-refractivity contribution >= 4 is 21.7 Å². The number of carbonyl (C=O) groups excluding carboxylic acids is 1. The Bertz CT molecular complexity index is 475. The summed E-state index contributed by atoms with van der Waals surface area (Å²) in [5.41, 5.74) is 0.795. The van der Waals surface area contributed by atoms with Crippen LogP contribution in [-0.2, 0) is 0 Å². The van der Waals surface area contributed by atoms with Gasteiger partial charge < -0.3 is 9.80 Å². The molecule has 1 aliphatic heterocycles. The van der Waals surface area contributed by atoms with E-state index in [0.717, 1.165) is 29.7 Å². The molecule has 2 atom stereocenters. The second kappa shape index (κ2) is 6.83. The van der Waals surface area contributed by atoms with Gasteiger partial charge in [0, 0.05) is 42.1 Å². The molecule has 1 aliphatic rings. The minimum absolute atomic E-state index is 0.221. The number of likely N-dealkylation sites (tertiary alicyclic amines) is 1. The smallest absolute Gasteiger partial charge is 0.165 e. The van der Waals surface area contributed by atoms with E-state index in [-0.39, 0.29) is 5.78 Å². The van der Waals surface area contributed by atoms with Gasteiger partial charge in [0.25, 0.3) is 0 Å². The molecule has 0 N–H and O–H groups in total. The fourth-order valence-electron chi connectivity index (χ4n) is 2.98. The van der Waals surface area contributed by atoms with Crippen molar-refractivity contribution < 1.29 is 4.79 Å². The third-order valence-corrected chi connectivity index (χ3v) is 4.83. The highest BCUT2D eigenvalue weighted by Crippen LogP contribution is 2.21. The minimum Gasteiger partial charge on any atom is -0.305 e. The summed E-state index contributed by atoms with van der Waals surface area (Å²) < 4.78 is 0.894. The van der Waals surface area contributed by atoms with E-state index >= 15 is 0 Å².